The molecular weight excluding hydrogens is 345 g/mol. The number of carbonyl (C=O) groups excluding carboxylic acids is 1. The maximum absolute atomic E-state index is 13.6. The van der Waals surface area contributed by atoms with Crippen molar-refractivity contribution in [3.05, 3.63) is 65.5 Å². The highest BCUT2D eigenvalue weighted by Gasteiger charge is 2.21. The van der Waals surface area contributed by atoms with E-state index in [0.717, 1.165) is 0 Å². The number of halogens is 1. The summed E-state index contributed by atoms with van der Waals surface area (Å²) in [7, 11) is -4.13. The fraction of sp³-hybridized carbons (Fsp3) is 0.176. The van der Waals surface area contributed by atoms with Crippen molar-refractivity contribution in [1.82, 2.24) is 4.72 Å². The summed E-state index contributed by atoms with van der Waals surface area (Å²) in [6.07, 6.45) is 0.0743. The molecule has 1 unspecified atom stereocenters. The number of nitriles is 1. The van der Waals surface area contributed by atoms with Crippen LogP contribution in [0.1, 0.15) is 18.1 Å². The Bertz CT molecular complexity index is 905. The van der Waals surface area contributed by atoms with Gasteiger partial charge in [0.05, 0.1) is 17.3 Å². The molecule has 0 aromatic heterocycles. The van der Waals surface area contributed by atoms with Crippen molar-refractivity contribution in [3.8, 4) is 6.07 Å². The van der Waals surface area contributed by atoms with Gasteiger partial charge in [-0.05, 0) is 42.3 Å². The van der Waals surface area contributed by atoms with Crippen LogP contribution < -0.4 is 9.44 Å². The second kappa shape index (κ2) is 7.77. The Morgan fingerprint density at radius 2 is 1.84 bits per heavy atom. The molecule has 2 aromatic rings. The number of nitrogens with one attached hydrogen (secondary N) is 2. The van der Waals surface area contributed by atoms with E-state index >= 15 is 0 Å². The van der Waals surface area contributed by atoms with Crippen LogP contribution in [0.5, 0.6) is 0 Å². The molecule has 1 atom stereocenters. The second-order valence-electron chi connectivity index (χ2n) is 5.46. The third-order valence-electron chi connectivity index (χ3n) is 3.43. The molecule has 0 aliphatic rings. The van der Waals surface area contributed by atoms with Crippen molar-refractivity contribution in [2.45, 2.75) is 13.3 Å². The van der Waals surface area contributed by atoms with Gasteiger partial charge in [0, 0.05) is 5.92 Å². The van der Waals surface area contributed by atoms with E-state index in [2.05, 4.69) is 4.72 Å². The molecule has 0 bridgehead atoms. The van der Waals surface area contributed by atoms with E-state index in [1.165, 1.54) is 43.3 Å². The highest BCUT2D eigenvalue weighted by Crippen LogP contribution is 2.14. The van der Waals surface area contributed by atoms with Crippen LogP contribution >= 0.6 is 0 Å². The number of hydrogen-bond donors (Lipinski definition) is 2. The smallest absolute Gasteiger partial charge is 0.274 e. The largest absolute Gasteiger partial charge is 0.323 e. The van der Waals surface area contributed by atoms with Crippen LogP contribution in [-0.4, -0.2) is 14.3 Å². The molecule has 0 aliphatic heterocycles. The first kappa shape index (κ1) is 18.4. The third-order valence-corrected chi connectivity index (χ3v) is 4.41. The number of amides is 1. The summed E-state index contributed by atoms with van der Waals surface area (Å²) in [5.74, 6) is -1.93. The number of rotatable bonds is 6. The molecular formula is C17H16FN3O3S. The predicted molar refractivity (Wildman–Crippen MR) is 91.1 cm³/mol. The third kappa shape index (κ3) is 5.29. The van der Waals surface area contributed by atoms with E-state index < -0.39 is 27.9 Å². The quantitative estimate of drug-likeness (QED) is 0.825. The molecule has 0 saturated carbocycles. The fourth-order valence-electron chi connectivity index (χ4n) is 2.11. The maximum atomic E-state index is 13.6. The van der Waals surface area contributed by atoms with Crippen molar-refractivity contribution in [2.75, 3.05) is 4.72 Å². The Morgan fingerprint density at radius 3 is 2.44 bits per heavy atom. The zero-order valence-electron chi connectivity index (χ0n) is 13.4. The van der Waals surface area contributed by atoms with Gasteiger partial charge < -0.3 is 0 Å². The number of hydrogen-bond acceptors (Lipinski definition) is 4. The van der Waals surface area contributed by atoms with E-state index in [0.29, 0.717) is 11.1 Å². The number of anilines is 1. The summed E-state index contributed by atoms with van der Waals surface area (Å²) in [5, 5.41) is 8.71. The highest BCUT2D eigenvalue weighted by molar-refractivity contribution is 7.91. The summed E-state index contributed by atoms with van der Waals surface area (Å²) >= 11 is 0. The lowest BCUT2D eigenvalue weighted by Gasteiger charge is -2.14. The minimum Gasteiger partial charge on any atom is -0.274 e. The normalized spacial score (nSPS) is 12.0. The monoisotopic (exact) mass is 361 g/mol. The zero-order chi connectivity index (χ0) is 18.4. The van der Waals surface area contributed by atoms with Gasteiger partial charge in [0.25, 0.3) is 0 Å². The first-order valence-electron chi connectivity index (χ1n) is 7.38. The fourth-order valence-corrected chi connectivity index (χ4v) is 3.08. The van der Waals surface area contributed by atoms with Gasteiger partial charge in [-0.1, -0.05) is 25.1 Å². The van der Waals surface area contributed by atoms with Crippen LogP contribution in [0, 0.1) is 23.1 Å². The van der Waals surface area contributed by atoms with Crippen LogP contribution in [0.3, 0.4) is 0 Å². The van der Waals surface area contributed by atoms with E-state index in [1.807, 2.05) is 10.8 Å². The second-order valence-corrected chi connectivity index (χ2v) is 6.87. The lowest BCUT2D eigenvalue weighted by Crippen LogP contribution is -2.39. The molecule has 8 heteroatoms. The number of nitrogens with zero attached hydrogens (tertiary/aromatic N) is 1. The molecule has 0 heterocycles. The molecule has 2 N–H and O–H groups in total. The van der Waals surface area contributed by atoms with E-state index in [-0.39, 0.29) is 12.1 Å². The van der Waals surface area contributed by atoms with Crippen LogP contribution in [0.15, 0.2) is 48.5 Å². The van der Waals surface area contributed by atoms with Crippen molar-refractivity contribution in [1.29, 1.82) is 5.26 Å². The van der Waals surface area contributed by atoms with Gasteiger partial charge in [0.1, 0.15) is 5.82 Å². The Hall–Kier alpha value is -2.92. The van der Waals surface area contributed by atoms with Gasteiger partial charge in [0.15, 0.2) is 0 Å². The lowest BCUT2D eigenvalue weighted by molar-refractivity contribution is -0.122. The highest BCUT2D eigenvalue weighted by atomic mass is 32.2. The molecule has 0 radical (unpaired) electrons. The van der Waals surface area contributed by atoms with E-state index in [4.69, 9.17) is 5.26 Å². The SMILES string of the molecule is CC(Cc1ccccc1F)C(=O)NS(=O)(=O)Nc1ccc(C#N)cc1. The van der Waals surface area contributed by atoms with Crippen molar-refractivity contribution < 1.29 is 17.6 Å². The first-order chi connectivity index (χ1) is 11.8. The lowest BCUT2D eigenvalue weighted by atomic mass is 10.0. The topological polar surface area (TPSA) is 99.1 Å². The Balaban J connectivity index is 2.00. The van der Waals surface area contributed by atoms with Crippen LogP contribution in [0.2, 0.25) is 0 Å². The van der Waals surface area contributed by atoms with Crippen molar-refractivity contribution in [2.24, 2.45) is 5.92 Å². The number of carbonyl (C=O) groups is 1. The van der Waals surface area contributed by atoms with Gasteiger partial charge in [-0.15, -0.1) is 0 Å². The van der Waals surface area contributed by atoms with Gasteiger partial charge in [0.2, 0.25) is 5.91 Å². The minimum absolute atomic E-state index is 0.0743. The molecule has 0 fully saturated rings. The summed E-state index contributed by atoms with van der Waals surface area (Å²) in [6.45, 7) is 1.51. The van der Waals surface area contributed by atoms with Gasteiger partial charge in [-0.25, -0.2) is 9.11 Å². The average molecular weight is 361 g/mol. The summed E-state index contributed by atoms with van der Waals surface area (Å²) in [4.78, 5) is 12.1. The molecule has 0 saturated heterocycles. The predicted octanol–water partition coefficient (Wildman–Crippen LogP) is 2.35. The molecule has 1 amide bonds. The first-order valence-corrected chi connectivity index (χ1v) is 8.87. The van der Waals surface area contributed by atoms with Gasteiger partial charge in [-0.3, -0.25) is 9.52 Å². The molecule has 6 nitrogen and oxygen atoms in total. The van der Waals surface area contributed by atoms with E-state index in [1.54, 1.807) is 12.1 Å². The Morgan fingerprint density at radius 1 is 1.20 bits per heavy atom. The molecule has 2 aromatic carbocycles. The van der Waals surface area contributed by atoms with Crippen molar-refractivity contribution >= 4 is 21.8 Å². The molecule has 2 rings (SSSR count). The standard InChI is InChI=1S/C17H16FN3O3S/c1-12(10-14-4-2-3-5-16(14)18)17(22)21-25(23,24)20-15-8-6-13(11-19)7-9-15/h2-9,12,20H,10H2,1H3,(H,21,22). The Labute approximate surface area is 145 Å². The van der Waals surface area contributed by atoms with Crippen LogP contribution in [0.25, 0.3) is 0 Å². The van der Waals surface area contributed by atoms with Crippen LogP contribution in [-0.2, 0) is 21.4 Å². The minimum atomic E-state index is -4.13. The molecule has 0 spiro atoms. The summed E-state index contributed by atoms with van der Waals surface area (Å²) < 4.78 is 41.7. The molecule has 0 aliphatic carbocycles. The summed E-state index contributed by atoms with van der Waals surface area (Å²) in [6, 6.07) is 13.6. The van der Waals surface area contributed by atoms with Crippen molar-refractivity contribution in [3.63, 3.8) is 0 Å². The molecule has 130 valence electrons. The Kier molecular flexibility index (Phi) is 5.72. The van der Waals surface area contributed by atoms with Gasteiger partial charge >= 0.3 is 10.2 Å². The summed E-state index contributed by atoms with van der Waals surface area (Å²) in [5.41, 5.74) is 0.925. The zero-order valence-corrected chi connectivity index (χ0v) is 14.2. The maximum Gasteiger partial charge on any atom is 0.323 e. The average Bonchev–Trinajstić information content (AvgIpc) is 2.56. The molecule has 25 heavy (non-hydrogen) atoms. The van der Waals surface area contributed by atoms with Gasteiger partial charge in [-0.2, -0.15) is 13.7 Å². The van der Waals surface area contributed by atoms with E-state index in [9.17, 15) is 17.6 Å². The number of benzene rings is 2. The van der Waals surface area contributed by atoms with Crippen LogP contribution in [0.4, 0.5) is 10.1 Å².